The Hall–Kier alpha value is -0.0400. The van der Waals surface area contributed by atoms with Crippen molar-refractivity contribution in [2.24, 2.45) is 5.41 Å². The van der Waals surface area contributed by atoms with E-state index in [0.717, 1.165) is 19.3 Å². The summed E-state index contributed by atoms with van der Waals surface area (Å²) >= 11 is 0. The van der Waals surface area contributed by atoms with E-state index in [2.05, 4.69) is 13.8 Å². The Morgan fingerprint density at radius 3 is 2.20 bits per heavy atom. The van der Waals surface area contributed by atoms with E-state index in [0.29, 0.717) is 5.41 Å². The second-order valence-electron chi connectivity index (χ2n) is 5.84. The van der Waals surface area contributed by atoms with E-state index >= 15 is 0 Å². The summed E-state index contributed by atoms with van der Waals surface area (Å²) in [5, 5.41) is 10.4. The minimum absolute atomic E-state index is 0.428. The molecule has 0 radical (unpaired) electrons. The zero-order valence-electron chi connectivity index (χ0n) is 10.8. The molecule has 1 rings (SSSR count). The number of rotatable bonds is 5. The summed E-state index contributed by atoms with van der Waals surface area (Å²) in [7, 11) is 0. The van der Waals surface area contributed by atoms with E-state index in [1.54, 1.807) is 0 Å². The molecule has 0 heterocycles. The number of hydrogen-bond acceptors (Lipinski definition) is 1. The Morgan fingerprint density at radius 2 is 1.73 bits per heavy atom. The zero-order chi connectivity index (χ0) is 11.4. The van der Waals surface area contributed by atoms with E-state index in [4.69, 9.17) is 0 Å². The average molecular weight is 212 g/mol. The molecule has 1 unspecified atom stereocenters. The third kappa shape index (κ3) is 3.79. The molecule has 1 fully saturated rings. The molecule has 90 valence electrons. The van der Waals surface area contributed by atoms with Gasteiger partial charge in [-0.1, -0.05) is 46.0 Å². The number of hydrogen-bond donors (Lipinski definition) is 1. The van der Waals surface area contributed by atoms with Gasteiger partial charge in [-0.3, -0.25) is 0 Å². The lowest BCUT2D eigenvalue weighted by atomic mass is 9.66. The summed E-state index contributed by atoms with van der Waals surface area (Å²) in [5.41, 5.74) is 0.0268. The van der Waals surface area contributed by atoms with Crippen LogP contribution in [0.2, 0.25) is 0 Å². The van der Waals surface area contributed by atoms with Crippen molar-refractivity contribution in [1.82, 2.24) is 0 Å². The van der Waals surface area contributed by atoms with Crippen LogP contribution >= 0.6 is 0 Å². The first-order chi connectivity index (χ1) is 7.04. The molecule has 0 saturated heterocycles. The van der Waals surface area contributed by atoms with Crippen molar-refractivity contribution in [2.75, 3.05) is 0 Å². The summed E-state index contributed by atoms with van der Waals surface area (Å²) in [6.45, 7) is 6.49. The van der Waals surface area contributed by atoms with Crippen LogP contribution in [0.25, 0.3) is 0 Å². The van der Waals surface area contributed by atoms with Gasteiger partial charge in [-0.15, -0.1) is 0 Å². The third-order valence-electron chi connectivity index (χ3n) is 4.21. The SMILES string of the molecule is CCCC(C)(O)CC1(CC)CCCCC1. The molecule has 0 aromatic heterocycles. The molecule has 1 saturated carbocycles. The van der Waals surface area contributed by atoms with Crippen LogP contribution in [0, 0.1) is 5.41 Å². The highest BCUT2D eigenvalue weighted by molar-refractivity contribution is 4.88. The van der Waals surface area contributed by atoms with Crippen LogP contribution in [0.1, 0.15) is 78.6 Å². The fourth-order valence-electron chi connectivity index (χ4n) is 3.39. The van der Waals surface area contributed by atoms with Crippen LogP contribution in [0.3, 0.4) is 0 Å². The highest BCUT2D eigenvalue weighted by Gasteiger charge is 2.36. The maximum Gasteiger partial charge on any atom is 0.0625 e. The molecule has 0 aromatic carbocycles. The predicted molar refractivity (Wildman–Crippen MR) is 66.0 cm³/mol. The first kappa shape index (κ1) is 13.0. The Balaban J connectivity index is 2.58. The van der Waals surface area contributed by atoms with Gasteiger partial charge in [-0.05, 0) is 38.0 Å². The van der Waals surface area contributed by atoms with Crippen LogP contribution in [0.15, 0.2) is 0 Å². The molecule has 0 aliphatic heterocycles. The monoisotopic (exact) mass is 212 g/mol. The van der Waals surface area contributed by atoms with E-state index in [9.17, 15) is 5.11 Å². The van der Waals surface area contributed by atoms with Crippen LogP contribution in [-0.4, -0.2) is 10.7 Å². The lowest BCUT2D eigenvalue weighted by molar-refractivity contribution is -0.0174. The predicted octanol–water partition coefficient (Wildman–Crippen LogP) is 4.29. The van der Waals surface area contributed by atoms with Crippen LogP contribution < -0.4 is 0 Å². The molecule has 0 aromatic rings. The van der Waals surface area contributed by atoms with E-state index in [-0.39, 0.29) is 0 Å². The van der Waals surface area contributed by atoms with Gasteiger partial charge in [0.15, 0.2) is 0 Å². The van der Waals surface area contributed by atoms with Gasteiger partial charge in [-0.2, -0.15) is 0 Å². The van der Waals surface area contributed by atoms with Gasteiger partial charge in [0.1, 0.15) is 0 Å². The van der Waals surface area contributed by atoms with Gasteiger partial charge in [0.25, 0.3) is 0 Å². The highest BCUT2D eigenvalue weighted by atomic mass is 16.3. The molecular weight excluding hydrogens is 184 g/mol. The zero-order valence-corrected chi connectivity index (χ0v) is 10.8. The molecule has 1 aliphatic rings. The summed E-state index contributed by atoms with van der Waals surface area (Å²) in [6, 6.07) is 0. The number of aliphatic hydroxyl groups is 1. The second-order valence-corrected chi connectivity index (χ2v) is 5.84. The fraction of sp³-hybridized carbons (Fsp3) is 1.00. The summed E-state index contributed by atoms with van der Waals surface area (Å²) < 4.78 is 0. The fourth-order valence-corrected chi connectivity index (χ4v) is 3.39. The van der Waals surface area contributed by atoms with Crippen LogP contribution in [0.5, 0.6) is 0 Å². The quantitative estimate of drug-likeness (QED) is 0.721. The van der Waals surface area contributed by atoms with E-state index < -0.39 is 5.60 Å². The first-order valence-electron chi connectivity index (χ1n) is 6.76. The van der Waals surface area contributed by atoms with Gasteiger partial charge in [0, 0.05) is 0 Å². The molecule has 15 heavy (non-hydrogen) atoms. The lowest BCUT2D eigenvalue weighted by Crippen LogP contribution is -2.35. The maximum absolute atomic E-state index is 10.4. The van der Waals surface area contributed by atoms with E-state index in [1.807, 2.05) is 6.92 Å². The summed E-state index contributed by atoms with van der Waals surface area (Å²) in [6.07, 6.45) is 11.1. The lowest BCUT2D eigenvalue weighted by Gasteiger charge is -2.41. The van der Waals surface area contributed by atoms with E-state index in [1.165, 1.54) is 38.5 Å². The van der Waals surface area contributed by atoms with Crippen molar-refractivity contribution >= 4 is 0 Å². The smallest absolute Gasteiger partial charge is 0.0625 e. The molecule has 1 aliphatic carbocycles. The Kier molecular flexibility index (Phi) is 4.64. The third-order valence-corrected chi connectivity index (χ3v) is 4.21. The molecule has 1 atom stereocenters. The maximum atomic E-state index is 10.4. The second kappa shape index (κ2) is 5.34. The molecule has 1 heteroatoms. The minimum atomic E-state index is -0.428. The van der Waals surface area contributed by atoms with Crippen molar-refractivity contribution in [3.63, 3.8) is 0 Å². The van der Waals surface area contributed by atoms with Crippen molar-refractivity contribution in [3.05, 3.63) is 0 Å². The van der Waals surface area contributed by atoms with Crippen LogP contribution in [0.4, 0.5) is 0 Å². The molecule has 1 N–H and O–H groups in total. The Bertz CT molecular complexity index is 178. The minimum Gasteiger partial charge on any atom is -0.390 e. The van der Waals surface area contributed by atoms with Gasteiger partial charge >= 0.3 is 0 Å². The van der Waals surface area contributed by atoms with Crippen molar-refractivity contribution in [2.45, 2.75) is 84.2 Å². The molecular formula is C14H28O. The average Bonchev–Trinajstić information content (AvgIpc) is 2.18. The van der Waals surface area contributed by atoms with Gasteiger partial charge < -0.3 is 5.11 Å². The molecule has 0 spiro atoms. The van der Waals surface area contributed by atoms with Crippen molar-refractivity contribution in [3.8, 4) is 0 Å². The van der Waals surface area contributed by atoms with Crippen molar-refractivity contribution in [1.29, 1.82) is 0 Å². The highest BCUT2D eigenvalue weighted by Crippen LogP contribution is 2.45. The molecule has 0 bridgehead atoms. The first-order valence-corrected chi connectivity index (χ1v) is 6.76. The molecule has 1 nitrogen and oxygen atoms in total. The summed E-state index contributed by atoms with van der Waals surface area (Å²) in [5.74, 6) is 0. The van der Waals surface area contributed by atoms with Crippen LogP contribution in [-0.2, 0) is 0 Å². The Labute approximate surface area is 95.3 Å². The standard InChI is InChI=1S/C14H28O/c1-4-9-13(3,15)12-14(5-2)10-7-6-8-11-14/h15H,4-12H2,1-3H3. The largest absolute Gasteiger partial charge is 0.390 e. The topological polar surface area (TPSA) is 20.2 Å². The van der Waals surface area contributed by atoms with Gasteiger partial charge in [0.2, 0.25) is 0 Å². The van der Waals surface area contributed by atoms with Gasteiger partial charge in [-0.25, -0.2) is 0 Å². The van der Waals surface area contributed by atoms with Gasteiger partial charge in [0.05, 0.1) is 5.60 Å². The van der Waals surface area contributed by atoms with Crippen molar-refractivity contribution < 1.29 is 5.11 Å². The summed E-state index contributed by atoms with van der Waals surface area (Å²) in [4.78, 5) is 0. The Morgan fingerprint density at radius 1 is 1.13 bits per heavy atom. The normalized spacial score (nSPS) is 24.8. The molecule has 0 amide bonds.